The molecule has 0 saturated carbocycles. The number of aromatic nitrogens is 1. The Hall–Kier alpha value is -3.34. The summed E-state index contributed by atoms with van der Waals surface area (Å²) in [6, 6.07) is 26.6. The van der Waals surface area contributed by atoms with Crippen LogP contribution in [-0.4, -0.2) is 6.54 Å². The van der Waals surface area contributed by atoms with Crippen molar-refractivity contribution in [3.05, 3.63) is 106 Å². The molecule has 7 rings (SSSR count). The molecule has 0 N–H and O–H groups in total. The highest BCUT2D eigenvalue weighted by molar-refractivity contribution is 8.03. The molecule has 4 aromatic carbocycles. The third kappa shape index (κ3) is 3.98. The zero-order valence-corrected chi connectivity index (χ0v) is 23.5. The van der Waals surface area contributed by atoms with E-state index in [9.17, 15) is 0 Å². The number of rotatable bonds is 4. The van der Waals surface area contributed by atoms with Crippen LogP contribution in [0, 0.1) is 0 Å². The molecule has 5 aromatic rings. The molecular weight excluding hydrogens is 501 g/mol. The van der Waals surface area contributed by atoms with Crippen LogP contribution in [0.5, 0.6) is 0 Å². The summed E-state index contributed by atoms with van der Waals surface area (Å²) in [5.74, 6) is 0. The van der Waals surface area contributed by atoms with E-state index in [1.54, 1.807) is 0 Å². The first kappa shape index (κ1) is 23.8. The molecule has 4 heteroatoms. The smallest absolute Gasteiger partial charge is 0.263 e. The largest absolute Gasteiger partial charge is 0.335 e. The Kier molecular flexibility index (Phi) is 6.10. The van der Waals surface area contributed by atoms with Crippen molar-refractivity contribution >= 4 is 66.6 Å². The quantitative estimate of drug-likeness (QED) is 0.213. The van der Waals surface area contributed by atoms with Gasteiger partial charge in [-0.2, -0.15) is 4.57 Å². The fourth-order valence-electron chi connectivity index (χ4n) is 6.01. The minimum atomic E-state index is 0.974. The van der Waals surface area contributed by atoms with Gasteiger partial charge in [0, 0.05) is 22.9 Å². The van der Waals surface area contributed by atoms with Gasteiger partial charge >= 0.3 is 0 Å². The van der Waals surface area contributed by atoms with Gasteiger partial charge in [-0.3, -0.25) is 0 Å². The average molecular weight is 532 g/mol. The summed E-state index contributed by atoms with van der Waals surface area (Å²) in [6.07, 6.45) is 10.8. The Morgan fingerprint density at radius 1 is 0.842 bits per heavy atom. The van der Waals surface area contributed by atoms with Gasteiger partial charge in [-0.25, -0.2) is 0 Å². The van der Waals surface area contributed by atoms with Crippen molar-refractivity contribution in [2.45, 2.75) is 44.6 Å². The number of thiazole rings is 1. The number of anilines is 1. The van der Waals surface area contributed by atoms with Crippen molar-refractivity contribution < 1.29 is 4.57 Å². The number of thioether (sulfide) groups is 1. The first-order valence-electron chi connectivity index (χ1n) is 13.7. The number of benzene rings is 4. The lowest BCUT2D eigenvalue weighted by Crippen LogP contribution is -2.33. The summed E-state index contributed by atoms with van der Waals surface area (Å²) in [5.41, 5.74) is 5.62. The van der Waals surface area contributed by atoms with Crippen molar-refractivity contribution in [2.24, 2.45) is 0 Å². The standard InChI is InChI=1S/C34H31N2S2/c1-3-35-31(37-29-18-16-25-12-5-7-14-27(25)33(29)35)21-23-10-9-11-24(20-23)22-32-36(4-2)34-28-15-8-6-13-26(28)17-19-30(34)38-32/h5-8,12-22H,3-4,9-11H2,1-2H3/q+1. The van der Waals surface area contributed by atoms with Gasteiger partial charge in [-0.05, 0) is 79.3 Å². The number of aryl methyl sites for hydroxylation is 1. The number of hydrogen-bond acceptors (Lipinski definition) is 3. The summed E-state index contributed by atoms with van der Waals surface area (Å²) in [7, 11) is 0. The third-order valence-electron chi connectivity index (χ3n) is 7.78. The Morgan fingerprint density at radius 3 is 2.42 bits per heavy atom. The van der Waals surface area contributed by atoms with Crippen LogP contribution in [0.25, 0.3) is 37.8 Å². The maximum Gasteiger partial charge on any atom is 0.263 e. The highest BCUT2D eigenvalue weighted by atomic mass is 32.2. The van der Waals surface area contributed by atoms with Crippen molar-refractivity contribution in [1.82, 2.24) is 0 Å². The summed E-state index contributed by atoms with van der Waals surface area (Å²) in [5, 5.41) is 8.03. The average Bonchev–Trinajstić information content (AvgIpc) is 3.50. The summed E-state index contributed by atoms with van der Waals surface area (Å²) < 4.78 is 3.87. The fourth-order valence-corrected chi connectivity index (χ4v) is 8.45. The predicted molar refractivity (Wildman–Crippen MR) is 166 cm³/mol. The van der Waals surface area contributed by atoms with Gasteiger partial charge in [0.15, 0.2) is 0 Å². The van der Waals surface area contributed by atoms with Gasteiger partial charge < -0.3 is 4.90 Å². The SMILES string of the molecule is CCN1C(=CC2=CC(=Cc3sc4ccc5ccccc5c4[n+]3CC)CCC2)Sc2ccc3ccccc3c21. The summed E-state index contributed by atoms with van der Waals surface area (Å²) in [4.78, 5) is 3.87. The molecule has 0 atom stereocenters. The van der Waals surface area contributed by atoms with Gasteiger partial charge in [-0.1, -0.05) is 83.8 Å². The zero-order valence-electron chi connectivity index (χ0n) is 21.9. The first-order chi connectivity index (χ1) is 18.7. The van der Waals surface area contributed by atoms with Gasteiger partial charge in [0.2, 0.25) is 5.52 Å². The molecule has 1 aliphatic heterocycles. The van der Waals surface area contributed by atoms with E-state index in [0.29, 0.717) is 0 Å². The van der Waals surface area contributed by atoms with Crippen molar-refractivity contribution in [3.8, 4) is 0 Å². The van der Waals surface area contributed by atoms with E-state index in [2.05, 4.69) is 114 Å². The topological polar surface area (TPSA) is 7.12 Å². The normalized spacial score (nSPS) is 17.7. The molecule has 0 radical (unpaired) electrons. The Labute approximate surface area is 232 Å². The predicted octanol–water partition coefficient (Wildman–Crippen LogP) is 9.48. The van der Waals surface area contributed by atoms with Crippen LogP contribution in [0.15, 0.2) is 106 Å². The van der Waals surface area contributed by atoms with Crippen LogP contribution in [0.3, 0.4) is 0 Å². The minimum absolute atomic E-state index is 0.974. The summed E-state index contributed by atoms with van der Waals surface area (Å²) in [6.45, 7) is 6.48. The molecule has 2 nitrogen and oxygen atoms in total. The zero-order chi connectivity index (χ0) is 25.6. The van der Waals surface area contributed by atoms with Crippen LogP contribution in [0.1, 0.15) is 38.1 Å². The Morgan fingerprint density at radius 2 is 1.61 bits per heavy atom. The molecule has 0 unspecified atom stereocenters. The van der Waals surface area contributed by atoms with E-state index < -0.39 is 0 Å². The minimum Gasteiger partial charge on any atom is -0.335 e. The molecule has 0 amide bonds. The molecule has 1 aliphatic carbocycles. The van der Waals surface area contributed by atoms with E-state index in [1.807, 2.05) is 23.1 Å². The third-order valence-corrected chi connectivity index (χ3v) is 9.97. The number of allylic oxidation sites excluding steroid dienone is 4. The van der Waals surface area contributed by atoms with Crippen LogP contribution in [0.2, 0.25) is 0 Å². The van der Waals surface area contributed by atoms with Crippen molar-refractivity contribution in [3.63, 3.8) is 0 Å². The van der Waals surface area contributed by atoms with Gasteiger partial charge in [0.05, 0.1) is 16.1 Å². The van der Waals surface area contributed by atoms with Gasteiger partial charge in [-0.15, -0.1) is 0 Å². The Bertz CT molecular complexity index is 1800. The highest BCUT2D eigenvalue weighted by Gasteiger charge is 2.27. The van der Waals surface area contributed by atoms with Crippen molar-refractivity contribution in [2.75, 3.05) is 11.4 Å². The molecule has 1 aromatic heterocycles. The molecular formula is C34H31N2S2+. The second-order valence-corrected chi connectivity index (χ2v) is 12.2. The monoisotopic (exact) mass is 531 g/mol. The maximum absolute atomic E-state index is 2.50. The van der Waals surface area contributed by atoms with E-state index in [-0.39, 0.29) is 0 Å². The van der Waals surface area contributed by atoms with Crippen molar-refractivity contribution in [1.29, 1.82) is 0 Å². The van der Waals surface area contributed by atoms with E-state index >= 15 is 0 Å². The van der Waals surface area contributed by atoms with Gasteiger partial charge in [0.1, 0.15) is 11.2 Å². The fraction of sp³-hybridized carbons (Fsp3) is 0.206. The molecule has 2 heterocycles. The van der Waals surface area contributed by atoms with E-state index in [1.165, 1.54) is 69.9 Å². The lowest BCUT2D eigenvalue weighted by molar-refractivity contribution is -0.664. The molecule has 188 valence electrons. The van der Waals surface area contributed by atoms with Crippen LogP contribution in [0.4, 0.5) is 5.69 Å². The van der Waals surface area contributed by atoms with E-state index in [0.717, 1.165) is 25.9 Å². The lowest BCUT2D eigenvalue weighted by atomic mass is 9.95. The van der Waals surface area contributed by atoms with Crippen LogP contribution < -0.4 is 9.47 Å². The molecule has 0 saturated heterocycles. The van der Waals surface area contributed by atoms with Crippen LogP contribution >= 0.6 is 23.1 Å². The number of hydrogen-bond donors (Lipinski definition) is 0. The van der Waals surface area contributed by atoms with Crippen LogP contribution in [-0.2, 0) is 6.54 Å². The lowest BCUT2D eigenvalue weighted by Gasteiger charge is -2.21. The van der Waals surface area contributed by atoms with Gasteiger partial charge in [0.25, 0.3) is 5.01 Å². The van der Waals surface area contributed by atoms with E-state index in [4.69, 9.17) is 0 Å². The maximum atomic E-state index is 2.50. The highest BCUT2D eigenvalue weighted by Crippen LogP contribution is 2.50. The number of nitrogens with zero attached hydrogens (tertiary/aromatic N) is 2. The number of fused-ring (bicyclic) bond motifs is 6. The molecule has 0 fully saturated rings. The molecule has 2 aliphatic rings. The molecule has 38 heavy (non-hydrogen) atoms. The first-order valence-corrected chi connectivity index (χ1v) is 15.3. The second kappa shape index (κ2) is 9.76. The molecule has 0 bridgehead atoms. The molecule has 0 spiro atoms. The second-order valence-electron chi connectivity index (χ2n) is 10.1. The Balaban J connectivity index is 1.27. The summed E-state index contributed by atoms with van der Waals surface area (Å²) >= 11 is 3.83.